The number of carbonyl (C=O) groups is 2. The molecule has 5 aliphatic rings. The van der Waals surface area contributed by atoms with Crippen LogP contribution in [-0.2, 0) is 14.3 Å². The van der Waals surface area contributed by atoms with Crippen LogP contribution < -0.4 is 0 Å². The number of carboxylic acid groups (broad SMARTS) is 1. The molecule has 0 heterocycles. The first kappa shape index (κ1) is 29.9. The van der Waals surface area contributed by atoms with Crippen molar-refractivity contribution in [3.05, 3.63) is 23.3 Å². The molecule has 5 rings (SSSR count). The molecule has 5 nitrogen and oxygen atoms in total. The van der Waals surface area contributed by atoms with Gasteiger partial charge in [-0.25, -0.2) is 4.79 Å². The number of aliphatic hydroxyl groups excluding tert-OH is 1. The van der Waals surface area contributed by atoms with E-state index in [2.05, 4.69) is 54.5 Å². The molecule has 4 fully saturated rings. The molecule has 5 heteroatoms. The van der Waals surface area contributed by atoms with Gasteiger partial charge in [0.05, 0.1) is 6.10 Å². The van der Waals surface area contributed by atoms with Crippen molar-refractivity contribution in [1.29, 1.82) is 0 Å². The van der Waals surface area contributed by atoms with Crippen LogP contribution >= 0.6 is 0 Å². The third kappa shape index (κ3) is 3.81. The minimum atomic E-state index is -1.09. The number of allylic oxidation sites excluding steroid dienone is 3. The maximum absolute atomic E-state index is 13.4. The molecule has 9 unspecified atom stereocenters. The number of esters is 1. The molecule has 5 aliphatic carbocycles. The van der Waals surface area contributed by atoms with Crippen LogP contribution in [0.3, 0.4) is 0 Å². The SMILES string of the molecule is CC=C(C)C(=O)OC1CC(C)(C)CC2C3=CCC4C5(C)CCC(O)C(C)(C)C5CCC4(C)C3(C)CCC12C(=O)O. The van der Waals surface area contributed by atoms with Crippen LogP contribution in [0.25, 0.3) is 0 Å². The van der Waals surface area contributed by atoms with Crippen molar-refractivity contribution in [1.82, 2.24) is 0 Å². The van der Waals surface area contributed by atoms with Crippen LogP contribution in [-0.4, -0.2) is 34.4 Å². The van der Waals surface area contributed by atoms with Crippen LogP contribution in [0.4, 0.5) is 0 Å². The Hall–Kier alpha value is -1.62. The molecular weight excluding hydrogens is 500 g/mol. The second-order valence-corrected chi connectivity index (χ2v) is 16.5. The highest BCUT2D eigenvalue weighted by molar-refractivity contribution is 5.88. The molecule has 0 aromatic heterocycles. The zero-order valence-corrected chi connectivity index (χ0v) is 26.5. The van der Waals surface area contributed by atoms with Crippen LogP contribution in [0.1, 0.15) is 120 Å². The Kier molecular flexibility index (Phi) is 6.86. The van der Waals surface area contributed by atoms with Crippen molar-refractivity contribution < 1.29 is 24.5 Å². The van der Waals surface area contributed by atoms with Crippen LogP contribution in [0.5, 0.6) is 0 Å². The molecule has 40 heavy (non-hydrogen) atoms. The van der Waals surface area contributed by atoms with Gasteiger partial charge in [-0.1, -0.05) is 66.2 Å². The number of aliphatic hydroxyl groups is 1. The highest BCUT2D eigenvalue weighted by atomic mass is 16.5. The Labute approximate surface area is 242 Å². The van der Waals surface area contributed by atoms with Crippen molar-refractivity contribution >= 4 is 11.9 Å². The lowest BCUT2D eigenvalue weighted by molar-refractivity contribution is -0.215. The minimum absolute atomic E-state index is 0.0562. The second kappa shape index (κ2) is 9.19. The maximum atomic E-state index is 13.4. The summed E-state index contributed by atoms with van der Waals surface area (Å²) in [6, 6.07) is 0. The summed E-state index contributed by atoms with van der Waals surface area (Å²) in [6.07, 6.45) is 11.1. The Balaban J connectivity index is 1.60. The monoisotopic (exact) mass is 554 g/mol. The number of aliphatic carboxylic acids is 1. The van der Waals surface area contributed by atoms with Crippen molar-refractivity contribution in [3.8, 4) is 0 Å². The lowest BCUT2D eigenvalue weighted by Crippen LogP contribution is -2.66. The van der Waals surface area contributed by atoms with Gasteiger partial charge in [-0.3, -0.25) is 4.79 Å². The van der Waals surface area contributed by atoms with Gasteiger partial charge in [0.2, 0.25) is 0 Å². The van der Waals surface area contributed by atoms with Crippen LogP contribution in [0.15, 0.2) is 23.3 Å². The first-order valence-corrected chi connectivity index (χ1v) is 15.9. The summed E-state index contributed by atoms with van der Waals surface area (Å²) in [5, 5.41) is 21.9. The predicted octanol–water partition coefficient (Wildman–Crippen LogP) is 7.72. The van der Waals surface area contributed by atoms with E-state index in [0.717, 1.165) is 44.9 Å². The number of fused-ring (bicyclic) bond motifs is 7. The summed E-state index contributed by atoms with van der Waals surface area (Å²) >= 11 is 0. The summed E-state index contributed by atoms with van der Waals surface area (Å²) < 4.78 is 6.14. The third-order valence-electron chi connectivity index (χ3n) is 14.0. The molecule has 2 N–H and O–H groups in total. The summed E-state index contributed by atoms with van der Waals surface area (Å²) in [4.78, 5) is 26.4. The van der Waals surface area contributed by atoms with E-state index >= 15 is 0 Å². The maximum Gasteiger partial charge on any atom is 0.333 e. The van der Waals surface area contributed by atoms with E-state index in [-0.39, 0.29) is 39.1 Å². The lowest BCUT2D eigenvalue weighted by Gasteiger charge is -2.71. The number of rotatable bonds is 3. The topological polar surface area (TPSA) is 83.8 Å². The van der Waals surface area contributed by atoms with Gasteiger partial charge in [0.1, 0.15) is 11.5 Å². The van der Waals surface area contributed by atoms with Crippen LogP contribution in [0.2, 0.25) is 0 Å². The Bertz CT molecular complexity index is 1150. The van der Waals surface area contributed by atoms with E-state index < -0.39 is 23.5 Å². The molecule has 0 bridgehead atoms. The van der Waals surface area contributed by atoms with Gasteiger partial charge in [0, 0.05) is 11.5 Å². The van der Waals surface area contributed by atoms with Gasteiger partial charge in [-0.05, 0) is 111 Å². The molecule has 0 aromatic carbocycles. The van der Waals surface area contributed by atoms with Gasteiger partial charge < -0.3 is 14.9 Å². The Morgan fingerprint density at radius 2 is 1.62 bits per heavy atom. The van der Waals surface area contributed by atoms with E-state index in [4.69, 9.17) is 4.74 Å². The molecule has 0 radical (unpaired) electrons. The molecule has 0 amide bonds. The van der Waals surface area contributed by atoms with Gasteiger partial charge >= 0.3 is 11.9 Å². The number of carbonyl (C=O) groups excluding carboxylic acids is 1. The molecular formula is C35H54O5. The van der Waals surface area contributed by atoms with E-state index in [0.29, 0.717) is 30.3 Å². The second-order valence-electron chi connectivity index (χ2n) is 16.5. The molecule has 4 saturated carbocycles. The molecule has 0 aliphatic heterocycles. The van der Waals surface area contributed by atoms with Crippen molar-refractivity contribution in [2.45, 2.75) is 132 Å². The first-order chi connectivity index (χ1) is 18.4. The average molecular weight is 555 g/mol. The molecule has 0 saturated heterocycles. The zero-order valence-electron chi connectivity index (χ0n) is 26.5. The van der Waals surface area contributed by atoms with Crippen molar-refractivity contribution in [2.75, 3.05) is 0 Å². The minimum Gasteiger partial charge on any atom is -0.481 e. The van der Waals surface area contributed by atoms with Crippen LogP contribution in [0, 0.1) is 50.2 Å². The highest BCUT2D eigenvalue weighted by Crippen LogP contribution is 2.75. The van der Waals surface area contributed by atoms with Gasteiger partial charge in [0.25, 0.3) is 0 Å². The third-order valence-corrected chi connectivity index (χ3v) is 14.0. The van der Waals surface area contributed by atoms with E-state index in [1.54, 1.807) is 13.0 Å². The fourth-order valence-corrected chi connectivity index (χ4v) is 11.3. The summed E-state index contributed by atoms with van der Waals surface area (Å²) in [5.41, 5.74) is 0.632. The summed E-state index contributed by atoms with van der Waals surface area (Å²) in [7, 11) is 0. The van der Waals surface area contributed by atoms with Gasteiger partial charge in [-0.2, -0.15) is 0 Å². The van der Waals surface area contributed by atoms with Crippen molar-refractivity contribution in [2.24, 2.45) is 50.2 Å². The summed E-state index contributed by atoms with van der Waals surface area (Å²) in [5.74, 6) is -0.369. The smallest absolute Gasteiger partial charge is 0.333 e. The average Bonchev–Trinajstić information content (AvgIpc) is 2.85. The molecule has 224 valence electrons. The largest absolute Gasteiger partial charge is 0.481 e. The standard InChI is InChI=1S/C35H54O5/c1-10-21(2)28(37)40-27-20-30(3,4)19-23-22-11-12-25-32(7)15-14-26(36)31(5,6)24(32)13-16-34(25,9)33(22,8)17-18-35(23,27)29(38)39/h10-11,23-27,36H,12-20H2,1-9H3,(H,38,39). The molecule has 0 aromatic rings. The Morgan fingerprint density at radius 1 is 0.950 bits per heavy atom. The number of carboxylic acids is 1. The number of hydrogen-bond acceptors (Lipinski definition) is 4. The van der Waals surface area contributed by atoms with Gasteiger partial charge in [0.15, 0.2) is 0 Å². The fraction of sp³-hybridized carbons (Fsp3) is 0.829. The number of hydrogen-bond donors (Lipinski definition) is 2. The quantitative estimate of drug-likeness (QED) is 0.212. The lowest BCUT2D eigenvalue weighted by atomic mass is 9.33. The van der Waals surface area contributed by atoms with E-state index in [1.165, 1.54) is 5.57 Å². The Morgan fingerprint density at radius 3 is 2.25 bits per heavy atom. The zero-order chi connectivity index (χ0) is 29.7. The molecule has 9 atom stereocenters. The van der Waals surface area contributed by atoms with E-state index in [1.807, 2.05) is 6.92 Å². The van der Waals surface area contributed by atoms with Crippen molar-refractivity contribution in [3.63, 3.8) is 0 Å². The first-order valence-electron chi connectivity index (χ1n) is 15.9. The normalized spacial score (nSPS) is 47.5. The highest BCUT2D eigenvalue weighted by Gasteiger charge is 2.71. The predicted molar refractivity (Wildman–Crippen MR) is 157 cm³/mol. The van der Waals surface area contributed by atoms with E-state index in [9.17, 15) is 19.8 Å². The van der Waals surface area contributed by atoms with Gasteiger partial charge in [-0.15, -0.1) is 0 Å². The summed E-state index contributed by atoms with van der Waals surface area (Å²) in [6.45, 7) is 20.0. The fourth-order valence-electron chi connectivity index (χ4n) is 11.3. The number of ether oxygens (including phenoxy) is 1. The molecule has 0 spiro atoms.